The molecule has 5 heteroatoms. The van der Waals surface area contributed by atoms with E-state index in [-0.39, 0.29) is 17.9 Å². The van der Waals surface area contributed by atoms with E-state index in [1.54, 1.807) is 0 Å². The SMILES string of the molecule is O=C(NCC1(CO)CC1)c1cn[nH]c1-c1ccccc1. The first kappa shape index (κ1) is 12.9. The second-order valence-corrected chi connectivity index (χ2v) is 5.37. The van der Waals surface area contributed by atoms with E-state index >= 15 is 0 Å². The van der Waals surface area contributed by atoms with Crippen molar-refractivity contribution in [3.05, 3.63) is 42.1 Å². The Hall–Kier alpha value is -2.14. The monoisotopic (exact) mass is 271 g/mol. The minimum Gasteiger partial charge on any atom is -0.396 e. The van der Waals surface area contributed by atoms with Crippen molar-refractivity contribution in [2.24, 2.45) is 5.41 Å². The Morgan fingerprint density at radius 3 is 2.75 bits per heavy atom. The van der Waals surface area contributed by atoms with Crippen LogP contribution in [0.5, 0.6) is 0 Å². The van der Waals surface area contributed by atoms with Crippen LogP contribution in [0.25, 0.3) is 11.3 Å². The van der Waals surface area contributed by atoms with Gasteiger partial charge in [0.15, 0.2) is 0 Å². The fraction of sp³-hybridized carbons (Fsp3) is 0.333. The summed E-state index contributed by atoms with van der Waals surface area (Å²) < 4.78 is 0. The lowest BCUT2D eigenvalue weighted by Crippen LogP contribution is -2.31. The van der Waals surface area contributed by atoms with E-state index in [1.807, 2.05) is 30.3 Å². The number of benzene rings is 1. The van der Waals surface area contributed by atoms with Crippen LogP contribution >= 0.6 is 0 Å². The standard InChI is InChI=1S/C15H17N3O2/c19-10-15(6-7-15)9-16-14(20)12-8-17-18-13(12)11-4-2-1-3-5-11/h1-5,8,19H,6-7,9-10H2,(H,16,20)(H,17,18). The molecule has 0 radical (unpaired) electrons. The number of nitrogens with one attached hydrogen (secondary N) is 2. The van der Waals surface area contributed by atoms with Gasteiger partial charge in [-0.15, -0.1) is 0 Å². The van der Waals surface area contributed by atoms with Crippen molar-refractivity contribution in [3.8, 4) is 11.3 Å². The highest BCUT2D eigenvalue weighted by Gasteiger charge is 2.42. The highest BCUT2D eigenvalue weighted by Crippen LogP contribution is 2.44. The number of aliphatic hydroxyl groups is 1. The molecule has 0 unspecified atom stereocenters. The molecule has 3 N–H and O–H groups in total. The fourth-order valence-corrected chi connectivity index (χ4v) is 2.21. The molecule has 2 aromatic rings. The van der Waals surface area contributed by atoms with Crippen LogP contribution in [0.3, 0.4) is 0 Å². The molecule has 0 aliphatic heterocycles. The normalized spacial score (nSPS) is 15.8. The zero-order valence-corrected chi connectivity index (χ0v) is 11.1. The van der Waals surface area contributed by atoms with Gasteiger partial charge in [-0.2, -0.15) is 5.10 Å². The van der Waals surface area contributed by atoms with E-state index in [9.17, 15) is 9.90 Å². The van der Waals surface area contributed by atoms with Gasteiger partial charge in [-0.25, -0.2) is 0 Å². The molecule has 0 atom stereocenters. The lowest BCUT2D eigenvalue weighted by molar-refractivity contribution is 0.0936. The number of hydrogen-bond donors (Lipinski definition) is 3. The third-order valence-electron chi connectivity index (χ3n) is 3.86. The first-order valence-corrected chi connectivity index (χ1v) is 6.72. The minimum absolute atomic E-state index is 0.0910. The number of carbonyl (C=O) groups is 1. The maximum atomic E-state index is 12.2. The van der Waals surface area contributed by atoms with Gasteiger partial charge in [0.2, 0.25) is 0 Å². The summed E-state index contributed by atoms with van der Waals surface area (Å²) in [7, 11) is 0. The maximum absolute atomic E-state index is 12.2. The summed E-state index contributed by atoms with van der Waals surface area (Å²) in [6.07, 6.45) is 3.48. The highest BCUT2D eigenvalue weighted by atomic mass is 16.3. The molecule has 1 aliphatic carbocycles. The topological polar surface area (TPSA) is 78.0 Å². The summed E-state index contributed by atoms with van der Waals surface area (Å²) in [6, 6.07) is 9.63. The van der Waals surface area contributed by atoms with Crippen molar-refractivity contribution in [2.45, 2.75) is 12.8 Å². The van der Waals surface area contributed by atoms with E-state index in [2.05, 4.69) is 15.5 Å². The van der Waals surface area contributed by atoms with Gasteiger partial charge in [-0.3, -0.25) is 9.89 Å². The number of aromatic amines is 1. The summed E-state index contributed by atoms with van der Waals surface area (Å²) in [5, 5.41) is 19.0. The fourth-order valence-electron chi connectivity index (χ4n) is 2.21. The number of aliphatic hydroxyl groups excluding tert-OH is 1. The molecule has 0 spiro atoms. The van der Waals surface area contributed by atoms with E-state index in [1.165, 1.54) is 6.20 Å². The highest BCUT2D eigenvalue weighted by molar-refractivity contribution is 5.99. The summed E-state index contributed by atoms with van der Waals surface area (Å²) >= 11 is 0. The van der Waals surface area contributed by atoms with Gasteiger partial charge >= 0.3 is 0 Å². The van der Waals surface area contributed by atoms with Crippen LogP contribution in [0.2, 0.25) is 0 Å². The minimum atomic E-state index is -0.155. The second-order valence-electron chi connectivity index (χ2n) is 5.37. The van der Waals surface area contributed by atoms with Crippen molar-refractivity contribution in [2.75, 3.05) is 13.2 Å². The number of amides is 1. The van der Waals surface area contributed by atoms with Gasteiger partial charge in [0.05, 0.1) is 24.1 Å². The number of nitrogens with zero attached hydrogens (tertiary/aromatic N) is 1. The molecule has 3 rings (SSSR count). The Bertz CT molecular complexity index is 603. The zero-order valence-electron chi connectivity index (χ0n) is 11.1. The first-order valence-electron chi connectivity index (χ1n) is 6.72. The average molecular weight is 271 g/mol. The van der Waals surface area contributed by atoms with Crippen LogP contribution in [0.4, 0.5) is 0 Å². The predicted molar refractivity (Wildman–Crippen MR) is 75.1 cm³/mol. The van der Waals surface area contributed by atoms with Crippen molar-refractivity contribution < 1.29 is 9.90 Å². The van der Waals surface area contributed by atoms with Crippen LogP contribution in [0.1, 0.15) is 23.2 Å². The third kappa shape index (κ3) is 2.44. The number of rotatable bonds is 5. The van der Waals surface area contributed by atoms with E-state index in [4.69, 9.17) is 0 Å². The van der Waals surface area contributed by atoms with Crippen LogP contribution < -0.4 is 5.32 Å². The first-order chi connectivity index (χ1) is 9.74. The summed E-state index contributed by atoms with van der Waals surface area (Å²) in [6.45, 7) is 0.645. The number of H-pyrrole nitrogens is 1. The zero-order chi connectivity index (χ0) is 14.0. The Morgan fingerprint density at radius 2 is 2.10 bits per heavy atom. The predicted octanol–water partition coefficient (Wildman–Crippen LogP) is 1.58. The molecule has 1 saturated carbocycles. The van der Waals surface area contributed by atoms with Crippen LogP contribution in [-0.4, -0.2) is 34.4 Å². The molecule has 1 aromatic heterocycles. The molecular formula is C15H17N3O2. The smallest absolute Gasteiger partial charge is 0.255 e. The summed E-state index contributed by atoms with van der Waals surface area (Å²) in [5.74, 6) is -0.155. The number of hydrogen-bond acceptors (Lipinski definition) is 3. The van der Waals surface area contributed by atoms with Crippen LogP contribution in [0, 0.1) is 5.41 Å². The molecule has 20 heavy (non-hydrogen) atoms. The van der Waals surface area contributed by atoms with Gasteiger partial charge in [-0.05, 0) is 12.8 Å². The van der Waals surface area contributed by atoms with E-state index < -0.39 is 0 Å². The number of carbonyl (C=O) groups excluding carboxylic acids is 1. The molecule has 1 aromatic carbocycles. The Kier molecular flexibility index (Phi) is 3.28. The quantitative estimate of drug-likeness (QED) is 0.772. The van der Waals surface area contributed by atoms with Crippen molar-refractivity contribution in [3.63, 3.8) is 0 Å². The summed E-state index contributed by atoms with van der Waals surface area (Å²) in [4.78, 5) is 12.2. The van der Waals surface area contributed by atoms with Crippen molar-refractivity contribution in [1.29, 1.82) is 0 Å². The van der Waals surface area contributed by atoms with E-state index in [0.717, 1.165) is 24.1 Å². The van der Waals surface area contributed by atoms with Gasteiger partial charge < -0.3 is 10.4 Å². The Morgan fingerprint density at radius 1 is 1.35 bits per heavy atom. The van der Waals surface area contributed by atoms with Gasteiger partial charge in [0.1, 0.15) is 0 Å². The van der Waals surface area contributed by atoms with Gasteiger partial charge in [0.25, 0.3) is 5.91 Å². The molecule has 1 aliphatic rings. The van der Waals surface area contributed by atoms with Gasteiger partial charge in [-0.1, -0.05) is 30.3 Å². The Balaban J connectivity index is 1.74. The lowest BCUT2D eigenvalue weighted by Gasteiger charge is -2.12. The van der Waals surface area contributed by atoms with Crippen LogP contribution in [0.15, 0.2) is 36.5 Å². The summed E-state index contributed by atoms with van der Waals surface area (Å²) in [5.41, 5.74) is 2.09. The average Bonchev–Trinajstić information content (AvgIpc) is 3.12. The third-order valence-corrected chi connectivity index (χ3v) is 3.86. The molecule has 104 valence electrons. The molecule has 1 fully saturated rings. The molecule has 1 heterocycles. The molecule has 1 amide bonds. The number of aromatic nitrogens is 2. The molecule has 0 bridgehead atoms. The molecular weight excluding hydrogens is 254 g/mol. The van der Waals surface area contributed by atoms with Crippen molar-refractivity contribution in [1.82, 2.24) is 15.5 Å². The lowest BCUT2D eigenvalue weighted by atomic mass is 10.1. The van der Waals surface area contributed by atoms with Crippen LogP contribution in [-0.2, 0) is 0 Å². The molecule has 5 nitrogen and oxygen atoms in total. The molecule has 0 saturated heterocycles. The maximum Gasteiger partial charge on any atom is 0.255 e. The van der Waals surface area contributed by atoms with E-state index in [0.29, 0.717) is 12.1 Å². The van der Waals surface area contributed by atoms with Crippen molar-refractivity contribution >= 4 is 5.91 Å². The second kappa shape index (κ2) is 5.09. The van der Waals surface area contributed by atoms with Gasteiger partial charge in [0, 0.05) is 17.5 Å². The largest absolute Gasteiger partial charge is 0.396 e. The Labute approximate surface area is 117 Å².